The van der Waals surface area contributed by atoms with Crippen molar-refractivity contribution in [3.05, 3.63) is 35.5 Å². The number of nitrogens with zero attached hydrogens (tertiary/aromatic N) is 3. The molecule has 29 heavy (non-hydrogen) atoms. The summed E-state index contributed by atoms with van der Waals surface area (Å²) in [6, 6.07) is 1.89. The van der Waals surface area contributed by atoms with Gasteiger partial charge in [-0.15, -0.1) is 11.8 Å². The summed E-state index contributed by atoms with van der Waals surface area (Å²) in [5, 5.41) is 3.10. The van der Waals surface area contributed by atoms with Gasteiger partial charge in [-0.3, -0.25) is 14.4 Å². The number of amides is 1. The third-order valence-corrected chi connectivity index (χ3v) is 5.26. The van der Waals surface area contributed by atoms with Crippen molar-refractivity contribution in [3.8, 4) is 0 Å². The van der Waals surface area contributed by atoms with E-state index in [1.807, 2.05) is 0 Å². The van der Waals surface area contributed by atoms with Gasteiger partial charge in [0.2, 0.25) is 6.41 Å². The van der Waals surface area contributed by atoms with E-state index in [1.54, 1.807) is 13.8 Å². The molecule has 0 aliphatic heterocycles. The number of hydrogen-bond acceptors (Lipinski definition) is 3. The molecule has 4 nitrogen and oxygen atoms in total. The topological polar surface area (TPSA) is 38.1 Å². The van der Waals surface area contributed by atoms with Crippen LogP contribution in [0.15, 0.2) is 23.2 Å². The van der Waals surface area contributed by atoms with Crippen LogP contribution in [-0.2, 0) is 17.8 Å². The lowest BCUT2D eigenvalue weighted by Gasteiger charge is -2.24. The van der Waals surface area contributed by atoms with E-state index in [0.29, 0.717) is 11.8 Å². The molecular formula is C17H16F7N3OS. The highest BCUT2D eigenvalue weighted by molar-refractivity contribution is 7.99. The summed E-state index contributed by atoms with van der Waals surface area (Å²) in [6.07, 6.45) is -6.13. The molecule has 2 aromatic rings. The molecule has 0 radical (unpaired) electrons. The maximum absolute atomic E-state index is 14.2. The van der Waals surface area contributed by atoms with Crippen LogP contribution in [0, 0.1) is 17.6 Å². The highest BCUT2D eigenvalue weighted by Gasteiger charge is 2.62. The van der Waals surface area contributed by atoms with E-state index >= 15 is 0 Å². The molecule has 0 spiro atoms. The Kier molecular flexibility index (Phi) is 6.55. The van der Waals surface area contributed by atoms with Crippen LogP contribution < -0.4 is 4.90 Å². The Labute approximate surface area is 165 Å². The molecule has 0 fully saturated rings. The Hall–Kier alpha value is -2.24. The summed E-state index contributed by atoms with van der Waals surface area (Å²) < 4.78 is 95.6. The standard InChI is InChI=1S/C17H16F7N3OS/c1-9(2)7-29-15-13(14(25-26(15)3)16(20,21)17(22,23)24)27(8-28)12-5-4-10(18)6-11(12)19/h4-6,8-9H,7H2,1-3H3. The largest absolute Gasteiger partial charge is 0.459 e. The molecule has 0 saturated heterocycles. The van der Waals surface area contributed by atoms with Gasteiger partial charge in [0, 0.05) is 18.9 Å². The minimum absolute atomic E-state index is 0.0153. The lowest BCUT2D eigenvalue weighted by atomic mass is 10.1. The Morgan fingerprint density at radius 1 is 1.21 bits per heavy atom. The first-order chi connectivity index (χ1) is 13.3. The molecule has 0 atom stereocenters. The number of rotatable bonds is 7. The molecule has 0 aliphatic carbocycles. The van der Waals surface area contributed by atoms with Gasteiger partial charge < -0.3 is 0 Å². The molecule has 0 bridgehead atoms. The summed E-state index contributed by atoms with van der Waals surface area (Å²) in [5.74, 6) is -7.45. The molecule has 0 N–H and O–H groups in total. The number of anilines is 2. The number of carbonyl (C=O) groups is 1. The molecule has 0 unspecified atom stereocenters. The van der Waals surface area contributed by atoms with Crippen molar-refractivity contribution in [2.45, 2.75) is 31.0 Å². The van der Waals surface area contributed by atoms with Crippen molar-refractivity contribution in [2.75, 3.05) is 10.7 Å². The third-order valence-electron chi connectivity index (χ3n) is 3.69. The normalized spacial score (nSPS) is 12.5. The summed E-state index contributed by atoms with van der Waals surface area (Å²) in [7, 11) is 1.13. The Balaban J connectivity index is 2.78. The Morgan fingerprint density at radius 2 is 1.83 bits per heavy atom. The van der Waals surface area contributed by atoms with Gasteiger partial charge in [-0.1, -0.05) is 13.8 Å². The highest BCUT2D eigenvalue weighted by Crippen LogP contribution is 2.50. The van der Waals surface area contributed by atoms with Crippen LogP contribution in [0.2, 0.25) is 0 Å². The number of aryl methyl sites for hydroxylation is 1. The van der Waals surface area contributed by atoms with Crippen molar-refractivity contribution in [1.82, 2.24) is 9.78 Å². The van der Waals surface area contributed by atoms with E-state index in [0.717, 1.165) is 35.6 Å². The highest BCUT2D eigenvalue weighted by atomic mass is 32.2. The van der Waals surface area contributed by atoms with Gasteiger partial charge in [-0.2, -0.15) is 27.1 Å². The minimum Gasteiger partial charge on any atom is -0.278 e. The average Bonchev–Trinajstić information content (AvgIpc) is 2.91. The SMILES string of the molecule is CC(C)CSc1c(N(C=O)c2ccc(F)cc2F)c(C(F)(F)C(F)(F)F)nn1C. The molecule has 160 valence electrons. The second kappa shape index (κ2) is 8.25. The zero-order valence-corrected chi connectivity index (χ0v) is 16.2. The monoisotopic (exact) mass is 443 g/mol. The lowest BCUT2D eigenvalue weighted by Crippen LogP contribution is -2.35. The van der Waals surface area contributed by atoms with E-state index in [2.05, 4.69) is 5.10 Å². The Bertz CT molecular complexity index is 896. The molecule has 1 aromatic carbocycles. The fraction of sp³-hybridized carbons (Fsp3) is 0.412. The first-order valence-electron chi connectivity index (χ1n) is 8.15. The predicted molar refractivity (Wildman–Crippen MR) is 93.3 cm³/mol. The predicted octanol–water partition coefficient (Wildman–Crippen LogP) is 5.40. The van der Waals surface area contributed by atoms with Crippen molar-refractivity contribution in [3.63, 3.8) is 0 Å². The van der Waals surface area contributed by atoms with Gasteiger partial charge in [0.15, 0.2) is 5.69 Å². The van der Waals surface area contributed by atoms with Gasteiger partial charge in [0.05, 0.1) is 5.69 Å². The van der Waals surface area contributed by atoms with E-state index in [9.17, 15) is 35.5 Å². The van der Waals surface area contributed by atoms with Gasteiger partial charge in [-0.25, -0.2) is 8.78 Å². The maximum Gasteiger partial charge on any atom is 0.459 e. The number of thioether (sulfide) groups is 1. The number of hydrogen-bond donors (Lipinski definition) is 0. The minimum atomic E-state index is -6.01. The van der Waals surface area contributed by atoms with Crippen LogP contribution in [0.25, 0.3) is 0 Å². The zero-order valence-electron chi connectivity index (χ0n) is 15.4. The van der Waals surface area contributed by atoms with Crippen LogP contribution in [0.1, 0.15) is 19.5 Å². The first-order valence-corrected chi connectivity index (χ1v) is 9.14. The van der Waals surface area contributed by atoms with Gasteiger partial charge >= 0.3 is 12.1 Å². The number of carbonyl (C=O) groups excluding carboxylic acids is 1. The first kappa shape index (κ1) is 23.0. The number of alkyl halides is 5. The van der Waals surface area contributed by atoms with E-state index < -0.39 is 40.8 Å². The van der Waals surface area contributed by atoms with Crippen LogP contribution in [0.5, 0.6) is 0 Å². The third kappa shape index (κ3) is 4.51. The zero-order chi connectivity index (χ0) is 22.1. The quantitative estimate of drug-likeness (QED) is 0.327. The summed E-state index contributed by atoms with van der Waals surface area (Å²) >= 11 is 0.879. The molecule has 1 aromatic heterocycles. The van der Waals surface area contributed by atoms with Gasteiger partial charge in [0.1, 0.15) is 22.3 Å². The fourth-order valence-corrected chi connectivity index (χ4v) is 3.42. The molecule has 0 saturated carbocycles. The fourth-order valence-electron chi connectivity index (χ4n) is 2.37. The second-order valence-corrected chi connectivity index (χ2v) is 7.48. The van der Waals surface area contributed by atoms with Crippen molar-refractivity contribution < 1.29 is 35.5 Å². The number of benzene rings is 1. The summed E-state index contributed by atoms with van der Waals surface area (Å²) in [4.78, 5) is 11.9. The smallest absolute Gasteiger partial charge is 0.278 e. The summed E-state index contributed by atoms with van der Waals surface area (Å²) in [5.41, 5.74) is -3.37. The number of halogens is 7. The molecule has 2 rings (SSSR count). The van der Waals surface area contributed by atoms with Crippen LogP contribution >= 0.6 is 11.8 Å². The van der Waals surface area contributed by atoms with Crippen molar-refractivity contribution in [1.29, 1.82) is 0 Å². The van der Waals surface area contributed by atoms with Crippen LogP contribution in [0.3, 0.4) is 0 Å². The molecular weight excluding hydrogens is 427 g/mol. The van der Waals surface area contributed by atoms with E-state index in [-0.39, 0.29) is 22.3 Å². The summed E-state index contributed by atoms with van der Waals surface area (Å²) in [6.45, 7) is 3.57. The van der Waals surface area contributed by atoms with Crippen molar-refractivity contribution >= 4 is 29.5 Å². The van der Waals surface area contributed by atoms with Gasteiger partial charge in [0.25, 0.3) is 0 Å². The molecule has 0 aliphatic rings. The molecule has 1 heterocycles. The van der Waals surface area contributed by atoms with Crippen LogP contribution in [-0.4, -0.2) is 28.1 Å². The molecule has 1 amide bonds. The average molecular weight is 443 g/mol. The lowest BCUT2D eigenvalue weighted by molar-refractivity contribution is -0.290. The second-order valence-electron chi connectivity index (χ2n) is 6.47. The van der Waals surface area contributed by atoms with Gasteiger partial charge in [-0.05, 0) is 18.1 Å². The number of aromatic nitrogens is 2. The molecule has 12 heteroatoms. The maximum atomic E-state index is 14.2. The van der Waals surface area contributed by atoms with E-state index in [1.165, 1.54) is 0 Å². The van der Waals surface area contributed by atoms with E-state index in [4.69, 9.17) is 0 Å². The Morgan fingerprint density at radius 3 is 2.31 bits per heavy atom. The van der Waals surface area contributed by atoms with Crippen molar-refractivity contribution in [2.24, 2.45) is 13.0 Å². The van der Waals surface area contributed by atoms with Crippen LogP contribution in [0.4, 0.5) is 42.1 Å².